The highest BCUT2D eigenvalue weighted by Gasteiger charge is 2.34. The third kappa shape index (κ3) is 7.85. The fraction of sp³-hybridized carbons (Fsp3) is 0. The van der Waals surface area contributed by atoms with Gasteiger partial charge in [0.2, 0.25) is 0 Å². The van der Waals surface area contributed by atoms with Gasteiger partial charge in [0.05, 0.1) is 11.6 Å². The van der Waals surface area contributed by atoms with Crippen LogP contribution in [0, 0.1) is 11.3 Å². The summed E-state index contributed by atoms with van der Waals surface area (Å²) in [6.45, 7) is 0. The molecule has 0 saturated heterocycles. The van der Waals surface area contributed by atoms with Gasteiger partial charge < -0.3 is 0 Å². The van der Waals surface area contributed by atoms with E-state index >= 15 is 0 Å². The molecule has 0 aromatic heterocycles. The molecule has 0 aliphatic heterocycles. The van der Waals surface area contributed by atoms with Gasteiger partial charge in [-0.15, -0.1) is 0 Å². The largest absolute Gasteiger partial charge is 0.192 e. The van der Waals surface area contributed by atoms with E-state index in [1.54, 1.807) is 0 Å². The molecule has 0 saturated carbocycles. The van der Waals surface area contributed by atoms with Crippen LogP contribution in [0.3, 0.4) is 0 Å². The lowest BCUT2D eigenvalue weighted by Gasteiger charge is -2.21. The Labute approximate surface area is 533 Å². The Morgan fingerprint density at radius 2 is 0.478 bits per heavy atom. The number of rotatable bonds is 8. The number of hydrogen-bond donors (Lipinski definition) is 0. The summed E-state index contributed by atoms with van der Waals surface area (Å²) >= 11 is 0. The number of nitrogens with zero attached hydrogens (tertiary/aromatic N) is 1. The first-order chi connectivity index (χ1) is 45.6. The maximum atomic E-state index is 9.64. The highest BCUT2D eigenvalue weighted by atomic mass is 14.4. The van der Waals surface area contributed by atoms with E-state index in [0.29, 0.717) is 5.56 Å². The molecule has 19 rings (SSSR count). The Kier molecular flexibility index (Phi) is 11.5. The molecule has 0 fully saturated rings. The zero-order valence-electron chi connectivity index (χ0n) is 50.0. The minimum atomic E-state index is 0.659. The molecular formula is C91H53N. The van der Waals surface area contributed by atoms with Crippen LogP contribution in [-0.2, 0) is 0 Å². The van der Waals surface area contributed by atoms with Gasteiger partial charge in [-0.1, -0.05) is 279 Å². The summed E-state index contributed by atoms with van der Waals surface area (Å²) in [5, 5.41) is 24.5. The summed E-state index contributed by atoms with van der Waals surface area (Å²) in [5.74, 6) is 0. The molecule has 0 spiro atoms. The average molecular weight is 1160 g/mol. The van der Waals surface area contributed by atoms with Crippen molar-refractivity contribution < 1.29 is 0 Å². The molecule has 0 heterocycles. The molecule has 17 aromatic carbocycles. The molecule has 1 nitrogen and oxygen atoms in total. The van der Waals surface area contributed by atoms with Crippen LogP contribution in [0.5, 0.6) is 0 Å². The van der Waals surface area contributed by atoms with Crippen LogP contribution >= 0.6 is 0 Å². The van der Waals surface area contributed by atoms with Crippen LogP contribution in [0.15, 0.2) is 322 Å². The smallest absolute Gasteiger partial charge is 0.0991 e. The molecule has 1 heteroatoms. The Bertz CT molecular complexity index is 5920. The van der Waals surface area contributed by atoms with Crippen molar-refractivity contribution in [1.82, 2.24) is 0 Å². The highest BCUT2D eigenvalue weighted by Crippen LogP contribution is 2.61. The van der Waals surface area contributed by atoms with Gasteiger partial charge in [-0.2, -0.15) is 5.26 Å². The minimum absolute atomic E-state index is 0.659. The lowest BCUT2D eigenvalue weighted by Crippen LogP contribution is -1.94. The van der Waals surface area contributed by atoms with E-state index < -0.39 is 0 Å². The van der Waals surface area contributed by atoms with E-state index in [2.05, 4.69) is 315 Å². The van der Waals surface area contributed by atoms with Crippen molar-refractivity contribution in [2.24, 2.45) is 0 Å². The Morgan fingerprint density at radius 3 is 0.902 bits per heavy atom. The van der Waals surface area contributed by atoms with Crippen molar-refractivity contribution in [2.75, 3.05) is 0 Å². The van der Waals surface area contributed by atoms with Crippen LogP contribution in [0.4, 0.5) is 0 Å². The van der Waals surface area contributed by atoms with Gasteiger partial charge in [0.1, 0.15) is 0 Å². The number of fused-ring (bicyclic) bond motifs is 10. The van der Waals surface area contributed by atoms with E-state index in [0.717, 1.165) is 11.1 Å². The Morgan fingerprint density at radius 1 is 0.174 bits per heavy atom. The predicted molar refractivity (Wildman–Crippen MR) is 389 cm³/mol. The van der Waals surface area contributed by atoms with Gasteiger partial charge >= 0.3 is 0 Å². The zero-order valence-corrected chi connectivity index (χ0v) is 50.0. The second kappa shape index (κ2) is 20.4. The maximum Gasteiger partial charge on any atom is 0.0991 e. The highest BCUT2D eigenvalue weighted by molar-refractivity contribution is 6.31. The van der Waals surface area contributed by atoms with Gasteiger partial charge in [0.25, 0.3) is 0 Å². The van der Waals surface area contributed by atoms with E-state index in [1.165, 1.54) is 187 Å². The third-order valence-corrected chi connectivity index (χ3v) is 19.9. The van der Waals surface area contributed by atoms with Crippen molar-refractivity contribution in [3.8, 4) is 140 Å². The van der Waals surface area contributed by atoms with Crippen LogP contribution in [0.2, 0.25) is 0 Å². The molecular weight excluding hydrogens is 1110 g/mol. The molecule has 0 atom stereocenters. The zero-order chi connectivity index (χ0) is 60.5. The first-order valence-electron chi connectivity index (χ1n) is 31.8. The number of benzene rings is 17. The SMILES string of the molecule is N#Cc1ccc(-c2ccc3c4c(cccc24)-c2c-3c(-c3ccccc3)c3cc(-c4ccc5cc(-c6ccc7cc(-c8ccc9c%10c(cccc8%10)-c8c-9c(-c9ccccc9)c9ccccc9c8-c8ccccc8)ccc7c6)ccc5c4)ccc3c2-c2ccccc2)cc1. The molecule has 0 bridgehead atoms. The molecule has 422 valence electrons. The van der Waals surface area contributed by atoms with E-state index in [4.69, 9.17) is 0 Å². The molecule has 0 radical (unpaired) electrons. The normalized spacial score (nSPS) is 11.9. The summed E-state index contributed by atoms with van der Waals surface area (Å²) in [6.07, 6.45) is 0. The molecule has 0 unspecified atom stereocenters. The van der Waals surface area contributed by atoms with Crippen molar-refractivity contribution in [1.29, 1.82) is 5.26 Å². The van der Waals surface area contributed by atoms with Gasteiger partial charge in [0.15, 0.2) is 0 Å². The fourth-order valence-corrected chi connectivity index (χ4v) is 15.9. The van der Waals surface area contributed by atoms with Crippen LogP contribution in [-0.4, -0.2) is 0 Å². The second-order valence-corrected chi connectivity index (χ2v) is 24.8. The first kappa shape index (κ1) is 51.8. The van der Waals surface area contributed by atoms with Gasteiger partial charge in [-0.3, -0.25) is 0 Å². The van der Waals surface area contributed by atoms with E-state index in [9.17, 15) is 5.26 Å². The van der Waals surface area contributed by atoms with Gasteiger partial charge in [-0.25, -0.2) is 0 Å². The monoisotopic (exact) mass is 1160 g/mol. The predicted octanol–water partition coefficient (Wildman–Crippen LogP) is 25.1. The van der Waals surface area contributed by atoms with Crippen molar-refractivity contribution in [2.45, 2.75) is 0 Å². The van der Waals surface area contributed by atoms with Crippen LogP contribution in [0.1, 0.15) is 5.56 Å². The summed E-state index contributed by atoms with van der Waals surface area (Å²) in [6, 6.07) is 121. The lowest BCUT2D eigenvalue weighted by atomic mass is 9.81. The Balaban J connectivity index is 0.690. The standard InChI is InChI=1S/C91H53N/c92-54-55-31-33-56(34-32-55)70-45-47-80-86-72(70)27-15-29-77(86)89-84(59-21-9-3-10-22-59)76-44-43-68(53-81(76)85(91(80)89)60-23-11-4-12-24-60)66-39-37-62-49-61(35-36-64(62)51-66)63-38-40-67-52-69(42-41-65(67)50-63)71-46-48-79-87-73(71)28-16-30-78(87)88-82(57-17-5-1-6-18-57)74-25-13-14-26-75(74)83(90(79)88)58-19-7-2-8-20-58/h1-53H. The van der Waals surface area contributed by atoms with E-state index in [-0.39, 0.29) is 0 Å². The van der Waals surface area contributed by atoms with Crippen molar-refractivity contribution in [3.63, 3.8) is 0 Å². The summed E-state index contributed by atoms with van der Waals surface area (Å²) < 4.78 is 0. The van der Waals surface area contributed by atoms with Crippen LogP contribution in [0.25, 0.3) is 198 Å². The number of nitriles is 1. The summed E-state index contributed by atoms with van der Waals surface area (Å²) in [4.78, 5) is 0. The second-order valence-electron chi connectivity index (χ2n) is 24.8. The molecule has 0 N–H and O–H groups in total. The maximum absolute atomic E-state index is 9.64. The van der Waals surface area contributed by atoms with Crippen molar-refractivity contribution >= 4 is 64.6 Å². The van der Waals surface area contributed by atoms with E-state index in [1.807, 2.05) is 12.1 Å². The van der Waals surface area contributed by atoms with Gasteiger partial charge in [0, 0.05) is 0 Å². The first-order valence-corrected chi connectivity index (χ1v) is 31.8. The third-order valence-electron chi connectivity index (χ3n) is 19.9. The van der Waals surface area contributed by atoms with Crippen molar-refractivity contribution in [3.05, 3.63) is 327 Å². The van der Waals surface area contributed by atoms with Crippen LogP contribution < -0.4 is 0 Å². The molecule has 2 aliphatic carbocycles. The summed E-state index contributed by atoms with van der Waals surface area (Å²) in [5.41, 5.74) is 30.3. The molecule has 17 aromatic rings. The quantitative estimate of drug-likeness (QED) is 0.149. The summed E-state index contributed by atoms with van der Waals surface area (Å²) in [7, 11) is 0. The molecule has 92 heavy (non-hydrogen) atoms. The number of hydrogen-bond acceptors (Lipinski definition) is 1. The fourth-order valence-electron chi connectivity index (χ4n) is 15.9. The topological polar surface area (TPSA) is 23.8 Å². The Hall–Kier alpha value is -12.2. The van der Waals surface area contributed by atoms with Gasteiger partial charge in [-0.05, 0) is 241 Å². The lowest BCUT2D eigenvalue weighted by molar-refractivity contribution is 1.48. The minimum Gasteiger partial charge on any atom is -0.192 e. The molecule has 2 aliphatic rings. The molecule has 0 amide bonds. The average Bonchev–Trinajstić information content (AvgIpc) is 1.52.